The Morgan fingerprint density at radius 3 is 1.29 bits per heavy atom. The number of nitrogens with zero attached hydrogens (tertiary/aromatic N) is 2. The van der Waals surface area contributed by atoms with Crippen LogP contribution in [0.2, 0.25) is 0 Å². The van der Waals surface area contributed by atoms with Crippen LogP contribution >= 0.6 is 0 Å². The van der Waals surface area contributed by atoms with E-state index < -0.39 is 0 Å². The van der Waals surface area contributed by atoms with Gasteiger partial charge >= 0.3 is 0 Å². The predicted octanol–water partition coefficient (Wildman–Crippen LogP) is 3.93. The highest BCUT2D eigenvalue weighted by molar-refractivity contribution is 6.10. The van der Waals surface area contributed by atoms with Gasteiger partial charge in [0.05, 0.1) is 34.6 Å². The molecule has 0 heterocycles. The Kier molecular flexibility index (Phi) is 5.45. The quantitative estimate of drug-likeness (QED) is 0.729. The van der Waals surface area contributed by atoms with Crippen molar-refractivity contribution >= 4 is 23.2 Å². The molecule has 0 unspecified atom stereocenters. The molecule has 0 fully saturated rings. The summed E-state index contributed by atoms with van der Waals surface area (Å²) in [4.78, 5) is 24.9. The molecule has 0 saturated heterocycles. The topological polar surface area (TPSA) is 106 Å². The highest BCUT2D eigenvalue weighted by Crippen LogP contribution is 2.22. The van der Waals surface area contributed by atoms with E-state index in [0.29, 0.717) is 33.6 Å². The average molecular weight is 366 g/mol. The van der Waals surface area contributed by atoms with Crippen LogP contribution in [0, 0.1) is 22.7 Å². The second-order valence-corrected chi connectivity index (χ2v) is 5.83. The fourth-order valence-electron chi connectivity index (χ4n) is 2.48. The van der Waals surface area contributed by atoms with E-state index in [4.69, 9.17) is 10.5 Å². The minimum Gasteiger partial charge on any atom is -0.320 e. The van der Waals surface area contributed by atoms with E-state index in [-0.39, 0.29) is 11.8 Å². The number of amides is 2. The van der Waals surface area contributed by atoms with E-state index >= 15 is 0 Å². The molecule has 0 bridgehead atoms. The van der Waals surface area contributed by atoms with Crippen LogP contribution in [0.5, 0.6) is 0 Å². The Balaban J connectivity index is 1.76. The zero-order valence-electron chi connectivity index (χ0n) is 14.6. The maximum absolute atomic E-state index is 12.5. The number of rotatable bonds is 4. The summed E-state index contributed by atoms with van der Waals surface area (Å²) in [6.07, 6.45) is 0. The van der Waals surface area contributed by atoms with Crippen molar-refractivity contribution in [3.8, 4) is 12.1 Å². The molecular weight excluding hydrogens is 352 g/mol. The van der Waals surface area contributed by atoms with Crippen LogP contribution in [0.4, 0.5) is 11.4 Å². The summed E-state index contributed by atoms with van der Waals surface area (Å²) in [7, 11) is 0. The summed E-state index contributed by atoms with van der Waals surface area (Å²) < 4.78 is 0. The zero-order chi connectivity index (χ0) is 19.9. The van der Waals surface area contributed by atoms with Crippen LogP contribution in [0.25, 0.3) is 0 Å². The minimum atomic E-state index is -0.357. The standard InChI is InChI=1S/C22H14N4O2/c23-13-15-5-9-17(10-6-15)21(27)25-19-3-1-2-4-20(19)26-22(28)18-11-7-16(14-24)8-12-18/h1-12H,(H,25,27)(H,26,28). The first-order valence-corrected chi connectivity index (χ1v) is 8.33. The fraction of sp³-hybridized carbons (Fsp3) is 0. The summed E-state index contributed by atoms with van der Waals surface area (Å²) in [5.41, 5.74) is 2.61. The van der Waals surface area contributed by atoms with E-state index in [9.17, 15) is 9.59 Å². The van der Waals surface area contributed by atoms with Crippen LogP contribution < -0.4 is 10.6 Å². The molecule has 0 radical (unpaired) electrons. The van der Waals surface area contributed by atoms with Gasteiger partial charge in [0, 0.05) is 11.1 Å². The van der Waals surface area contributed by atoms with Crippen LogP contribution in [-0.4, -0.2) is 11.8 Å². The molecule has 0 atom stereocenters. The van der Waals surface area contributed by atoms with Gasteiger partial charge in [-0.3, -0.25) is 9.59 Å². The van der Waals surface area contributed by atoms with Crippen molar-refractivity contribution in [2.75, 3.05) is 10.6 Å². The first-order chi connectivity index (χ1) is 13.6. The molecule has 3 aromatic rings. The van der Waals surface area contributed by atoms with Crippen molar-refractivity contribution in [3.63, 3.8) is 0 Å². The lowest BCUT2D eigenvalue weighted by Gasteiger charge is -2.12. The van der Waals surface area contributed by atoms with Gasteiger partial charge in [-0.05, 0) is 60.7 Å². The summed E-state index contributed by atoms with van der Waals surface area (Å²) in [6, 6.07) is 23.3. The van der Waals surface area contributed by atoms with E-state index in [1.807, 2.05) is 12.1 Å². The summed E-state index contributed by atoms with van der Waals surface area (Å²) in [5, 5.41) is 23.2. The molecule has 2 amide bonds. The van der Waals surface area contributed by atoms with Crippen molar-refractivity contribution in [2.45, 2.75) is 0 Å². The largest absolute Gasteiger partial charge is 0.320 e. The molecule has 6 heteroatoms. The van der Waals surface area contributed by atoms with Gasteiger partial charge in [-0.1, -0.05) is 12.1 Å². The lowest BCUT2D eigenvalue weighted by Crippen LogP contribution is -2.16. The number of hydrogen-bond acceptors (Lipinski definition) is 4. The molecular formula is C22H14N4O2. The van der Waals surface area contributed by atoms with Crippen LogP contribution in [-0.2, 0) is 0 Å². The third-order valence-electron chi connectivity index (χ3n) is 3.98. The number of hydrogen-bond donors (Lipinski definition) is 2. The maximum atomic E-state index is 12.5. The van der Waals surface area contributed by atoms with Crippen molar-refractivity contribution < 1.29 is 9.59 Å². The summed E-state index contributed by atoms with van der Waals surface area (Å²) >= 11 is 0. The fourth-order valence-corrected chi connectivity index (χ4v) is 2.48. The third-order valence-corrected chi connectivity index (χ3v) is 3.98. The Morgan fingerprint density at radius 2 is 0.964 bits per heavy atom. The van der Waals surface area contributed by atoms with E-state index in [2.05, 4.69) is 10.6 Å². The predicted molar refractivity (Wildman–Crippen MR) is 105 cm³/mol. The smallest absolute Gasteiger partial charge is 0.255 e. The Bertz CT molecular complexity index is 1010. The first kappa shape index (κ1) is 18.4. The molecule has 28 heavy (non-hydrogen) atoms. The molecule has 0 spiro atoms. The van der Waals surface area contributed by atoms with E-state index in [0.717, 1.165) is 0 Å². The lowest BCUT2D eigenvalue weighted by atomic mass is 10.1. The Morgan fingerprint density at radius 1 is 0.607 bits per heavy atom. The first-order valence-electron chi connectivity index (χ1n) is 8.33. The molecule has 134 valence electrons. The van der Waals surface area contributed by atoms with E-state index in [1.54, 1.807) is 72.8 Å². The molecule has 0 aromatic heterocycles. The molecule has 0 saturated carbocycles. The number of carbonyl (C=O) groups is 2. The number of anilines is 2. The van der Waals surface area contributed by atoms with Crippen molar-refractivity contribution in [1.82, 2.24) is 0 Å². The summed E-state index contributed by atoms with van der Waals surface area (Å²) in [5.74, 6) is -0.714. The molecule has 2 N–H and O–H groups in total. The van der Waals surface area contributed by atoms with Gasteiger partial charge in [0.1, 0.15) is 0 Å². The molecule has 6 nitrogen and oxygen atoms in total. The van der Waals surface area contributed by atoms with Crippen molar-refractivity contribution in [2.24, 2.45) is 0 Å². The molecule has 3 aromatic carbocycles. The minimum absolute atomic E-state index is 0.357. The number of carbonyl (C=O) groups excluding carboxylic acids is 2. The summed E-state index contributed by atoms with van der Waals surface area (Å²) in [6.45, 7) is 0. The van der Waals surface area contributed by atoms with Gasteiger partial charge in [0.15, 0.2) is 0 Å². The normalized spacial score (nSPS) is 9.64. The SMILES string of the molecule is N#Cc1ccc(C(=O)Nc2ccccc2NC(=O)c2ccc(C#N)cc2)cc1. The van der Waals surface area contributed by atoms with Crippen LogP contribution in [0.3, 0.4) is 0 Å². The van der Waals surface area contributed by atoms with Gasteiger partial charge in [-0.2, -0.15) is 10.5 Å². The highest BCUT2D eigenvalue weighted by Gasteiger charge is 2.12. The van der Waals surface area contributed by atoms with Gasteiger partial charge in [-0.25, -0.2) is 0 Å². The lowest BCUT2D eigenvalue weighted by molar-refractivity contribution is 0.101. The number of para-hydroxylation sites is 2. The van der Waals surface area contributed by atoms with Crippen LogP contribution in [0.1, 0.15) is 31.8 Å². The highest BCUT2D eigenvalue weighted by atomic mass is 16.2. The van der Waals surface area contributed by atoms with Gasteiger partial charge in [-0.15, -0.1) is 0 Å². The van der Waals surface area contributed by atoms with Gasteiger partial charge in [0.2, 0.25) is 0 Å². The Labute approximate surface area is 161 Å². The molecule has 0 aliphatic rings. The van der Waals surface area contributed by atoms with Crippen molar-refractivity contribution in [1.29, 1.82) is 10.5 Å². The molecule has 3 rings (SSSR count). The van der Waals surface area contributed by atoms with Gasteiger partial charge in [0.25, 0.3) is 11.8 Å². The number of benzene rings is 3. The van der Waals surface area contributed by atoms with Gasteiger partial charge < -0.3 is 10.6 Å². The van der Waals surface area contributed by atoms with Crippen LogP contribution in [0.15, 0.2) is 72.8 Å². The van der Waals surface area contributed by atoms with Crippen molar-refractivity contribution in [3.05, 3.63) is 95.1 Å². The number of nitriles is 2. The second-order valence-electron chi connectivity index (χ2n) is 5.83. The van der Waals surface area contributed by atoms with E-state index in [1.165, 1.54) is 0 Å². The maximum Gasteiger partial charge on any atom is 0.255 e. The molecule has 0 aliphatic carbocycles. The number of nitrogens with one attached hydrogen (secondary N) is 2. The Hall–Kier alpha value is -4.42. The third kappa shape index (κ3) is 4.21. The zero-order valence-corrected chi connectivity index (χ0v) is 14.6. The second kappa shape index (κ2) is 8.31. The monoisotopic (exact) mass is 366 g/mol. The molecule has 0 aliphatic heterocycles. The average Bonchev–Trinajstić information content (AvgIpc) is 2.75.